The summed E-state index contributed by atoms with van der Waals surface area (Å²) in [6, 6.07) is 9.96. The Morgan fingerprint density at radius 3 is 2.44 bits per heavy atom. The van der Waals surface area contributed by atoms with Gasteiger partial charge in [0.25, 0.3) is 10.0 Å². The van der Waals surface area contributed by atoms with E-state index in [9.17, 15) is 18.3 Å². The van der Waals surface area contributed by atoms with Gasteiger partial charge in [0.2, 0.25) is 0 Å². The summed E-state index contributed by atoms with van der Waals surface area (Å²) >= 11 is 0. The maximum Gasteiger partial charge on any atom is 0.335 e. The topological polar surface area (TPSA) is 83.5 Å². The monoisotopic (exact) mass is 361 g/mol. The molecular formula is C19H23NO4S. The van der Waals surface area contributed by atoms with Gasteiger partial charge in [-0.15, -0.1) is 0 Å². The van der Waals surface area contributed by atoms with E-state index in [-0.39, 0.29) is 16.4 Å². The predicted octanol–water partition coefficient (Wildman–Crippen LogP) is 4.32. The molecule has 0 bridgehead atoms. The number of carboxylic acid groups (broad SMARTS) is 1. The van der Waals surface area contributed by atoms with E-state index in [1.165, 1.54) is 12.1 Å². The Balaban J connectivity index is 2.53. The van der Waals surface area contributed by atoms with Crippen molar-refractivity contribution >= 4 is 21.7 Å². The van der Waals surface area contributed by atoms with Crippen molar-refractivity contribution in [3.63, 3.8) is 0 Å². The Kier molecular flexibility index (Phi) is 5.52. The zero-order valence-corrected chi connectivity index (χ0v) is 15.6. The standard InChI is InChI=1S/C19H23NO4S/c1-5-12(2)16-8-6-7-9-17(16)20-25(23,24)18-11-15(19(21)22)10-13(3)14(18)4/h6-12,20H,5H2,1-4H3,(H,21,22)/t12-/m0/s1. The summed E-state index contributed by atoms with van der Waals surface area (Å²) < 4.78 is 28.4. The van der Waals surface area contributed by atoms with E-state index < -0.39 is 16.0 Å². The van der Waals surface area contributed by atoms with Gasteiger partial charge in [0.05, 0.1) is 16.1 Å². The molecule has 6 heteroatoms. The molecule has 2 N–H and O–H groups in total. The lowest BCUT2D eigenvalue weighted by atomic mass is 9.97. The van der Waals surface area contributed by atoms with Gasteiger partial charge < -0.3 is 5.11 Å². The molecule has 0 heterocycles. The smallest absolute Gasteiger partial charge is 0.335 e. The third kappa shape index (κ3) is 4.02. The van der Waals surface area contributed by atoms with E-state index in [0.29, 0.717) is 16.8 Å². The van der Waals surface area contributed by atoms with Gasteiger partial charge >= 0.3 is 5.97 Å². The highest BCUT2D eigenvalue weighted by atomic mass is 32.2. The van der Waals surface area contributed by atoms with Gasteiger partial charge in [-0.2, -0.15) is 0 Å². The van der Waals surface area contributed by atoms with Gasteiger partial charge in [0, 0.05) is 0 Å². The Morgan fingerprint density at radius 1 is 1.20 bits per heavy atom. The Labute approximate surface area is 148 Å². The number of carbonyl (C=O) groups is 1. The van der Waals surface area contributed by atoms with Crippen molar-refractivity contribution in [1.82, 2.24) is 0 Å². The largest absolute Gasteiger partial charge is 0.478 e. The summed E-state index contributed by atoms with van der Waals surface area (Å²) in [4.78, 5) is 11.3. The van der Waals surface area contributed by atoms with Crippen LogP contribution in [0.3, 0.4) is 0 Å². The maximum atomic E-state index is 12.9. The molecule has 0 radical (unpaired) electrons. The number of hydrogen-bond donors (Lipinski definition) is 2. The second kappa shape index (κ2) is 7.27. The van der Waals surface area contributed by atoms with Crippen LogP contribution in [-0.4, -0.2) is 19.5 Å². The van der Waals surface area contributed by atoms with Gasteiger partial charge in [-0.05, 0) is 61.1 Å². The average Bonchev–Trinajstić information content (AvgIpc) is 2.56. The van der Waals surface area contributed by atoms with Gasteiger partial charge in [0.15, 0.2) is 0 Å². The molecule has 5 nitrogen and oxygen atoms in total. The lowest BCUT2D eigenvalue weighted by molar-refractivity contribution is 0.0696. The Bertz CT molecular complexity index is 904. The summed E-state index contributed by atoms with van der Waals surface area (Å²) in [7, 11) is -3.90. The average molecular weight is 361 g/mol. The highest BCUT2D eigenvalue weighted by molar-refractivity contribution is 7.92. The number of benzene rings is 2. The van der Waals surface area contributed by atoms with E-state index in [1.54, 1.807) is 26.0 Å². The van der Waals surface area contributed by atoms with Gasteiger partial charge in [-0.25, -0.2) is 13.2 Å². The summed E-state index contributed by atoms with van der Waals surface area (Å²) in [5.41, 5.74) is 2.56. The van der Waals surface area contributed by atoms with E-state index >= 15 is 0 Å². The molecule has 0 aliphatic heterocycles. The number of sulfonamides is 1. The molecule has 0 unspecified atom stereocenters. The van der Waals surface area contributed by atoms with Gasteiger partial charge in [-0.3, -0.25) is 4.72 Å². The van der Waals surface area contributed by atoms with E-state index in [2.05, 4.69) is 4.72 Å². The minimum absolute atomic E-state index is 0.0103. The molecule has 0 saturated heterocycles. The fraction of sp³-hybridized carbons (Fsp3) is 0.316. The number of carboxylic acids is 1. The number of anilines is 1. The first-order valence-corrected chi connectivity index (χ1v) is 9.62. The van der Waals surface area contributed by atoms with E-state index in [4.69, 9.17) is 0 Å². The van der Waals surface area contributed by atoms with Crippen LogP contribution < -0.4 is 4.72 Å². The highest BCUT2D eigenvalue weighted by Gasteiger charge is 2.22. The molecule has 0 fully saturated rings. The van der Waals surface area contributed by atoms with Crippen LogP contribution in [0.1, 0.15) is 53.2 Å². The zero-order valence-electron chi connectivity index (χ0n) is 14.8. The van der Waals surface area contributed by atoms with Crippen LogP contribution in [-0.2, 0) is 10.0 Å². The summed E-state index contributed by atoms with van der Waals surface area (Å²) in [6.45, 7) is 7.46. The van der Waals surface area contributed by atoms with Crippen molar-refractivity contribution in [2.24, 2.45) is 0 Å². The molecule has 0 spiro atoms. The second-order valence-electron chi connectivity index (χ2n) is 6.22. The zero-order chi connectivity index (χ0) is 18.8. The van der Waals surface area contributed by atoms with Crippen molar-refractivity contribution in [2.75, 3.05) is 4.72 Å². The fourth-order valence-electron chi connectivity index (χ4n) is 2.67. The molecule has 2 rings (SSSR count). The molecule has 2 aromatic carbocycles. The number of rotatable bonds is 6. The SMILES string of the molecule is CC[C@H](C)c1ccccc1NS(=O)(=O)c1cc(C(=O)O)cc(C)c1C. The second-order valence-corrected chi connectivity index (χ2v) is 7.87. The maximum absolute atomic E-state index is 12.9. The third-order valence-electron chi connectivity index (χ3n) is 4.50. The van der Waals surface area contributed by atoms with Crippen LogP contribution >= 0.6 is 0 Å². The quantitative estimate of drug-likeness (QED) is 0.803. The molecule has 0 aromatic heterocycles. The fourth-order valence-corrected chi connectivity index (χ4v) is 4.10. The summed E-state index contributed by atoms with van der Waals surface area (Å²) in [6.07, 6.45) is 0.880. The van der Waals surface area contributed by atoms with E-state index in [1.807, 2.05) is 26.0 Å². The number of aromatic carboxylic acids is 1. The van der Waals surface area contributed by atoms with Gasteiger partial charge in [-0.1, -0.05) is 32.0 Å². The molecular weight excluding hydrogens is 338 g/mol. The molecule has 1 atom stereocenters. The normalized spacial score (nSPS) is 12.6. The first-order chi connectivity index (χ1) is 11.7. The van der Waals surface area contributed by atoms with Crippen LogP contribution in [0, 0.1) is 13.8 Å². The van der Waals surface area contributed by atoms with Crippen LogP contribution in [0.15, 0.2) is 41.3 Å². The van der Waals surface area contributed by atoms with Crippen LogP contribution in [0.4, 0.5) is 5.69 Å². The highest BCUT2D eigenvalue weighted by Crippen LogP contribution is 2.30. The molecule has 25 heavy (non-hydrogen) atoms. The lowest BCUT2D eigenvalue weighted by Crippen LogP contribution is -2.17. The first-order valence-electron chi connectivity index (χ1n) is 8.13. The van der Waals surface area contributed by atoms with Crippen LogP contribution in [0.2, 0.25) is 0 Å². The molecule has 2 aromatic rings. The van der Waals surface area contributed by atoms with Crippen molar-refractivity contribution in [3.05, 3.63) is 58.7 Å². The van der Waals surface area contributed by atoms with Crippen molar-refractivity contribution < 1.29 is 18.3 Å². The van der Waals surface area contributed by atoms with Crippen molar-refractivity contribution in [3.8, 4) is 0 Å². The van der Waals surface area contributed by atoms with Crippen molar-refractivity contribution in [2.45, 2.75) is 44.9 Å². The molecule has 0 aliphatic carbocycles. The van der Waals surface area contributed by atoms with E-state index in [0.717, 1.165) is 12.0 Å². The molecule has 0 aliphatic rings. The van der Waals surface area contributed by atoms with Crippen LogP contribution in [0.25, 0.3) is 0 Å². The van der Waals surface area contributed by atoms with Crippen molar-refractivity contribution in [1.29, 1.82) is 0 Å². The number of aryl methyl sites for hydroxylation is 1. The Hall–Kier alpha value is -2.34. The number of nitrogens with one attached hydrogen (secondary N) is 1. The van der Waals surface area contributed by atoms with Gasteiger partial charge in [0.1, 0.15) is 0 Å². The number of para-hydroxylation sites is 1. The third-order valence-corrected chi connectivity index (χ3v) is 6.00. The summed E-state index contributed by atoms with van der Waals surface area (Å²) in [5.74, 6) is -0.952. The number of hydrogen-bond acceptors (Lipinski definition) is 3. The minimum Gasteiger partial charge on any atom is -0.478 e. The predicted molar refractivity (Wildman–Crippen MR) is 98.8 cm³/mol. The Morgan fingerprint density at radius 2 is 1.84 bits per heavy atom. The first kappa shape index (κ1) is 19.0. The lowest BCUT2D eigenvalue weighted by Gasteiger charge is -2.18. The van der Waals surface area contributed by atoms with Crippen LogP contribution in [0.5, 0.6) is 0 Å². The molecule has 0 saturated carbocycles. The molecule has 134 valence electrons. The molecule has 0 amide bonds. The minimum atomic E-state index is -3.90. The summed E-state index contributed by atoms with van der Waals surface area (Å²) in [5, 5.41) is 9.21.